The van der Waals surface area contributed by atoms with Crippen molar-refractivity contribution in [1.82, 2.24) is 4.57 Å². The Morgan fingerprint density at radius 3 is 2.44 bits per heavy atom. The number of hydrogen-bond acceptors (Lipinski definition) is 6. The van der Waals surface area contributed by atoms with Crippen molar-refractivity contribution in [3.63, 3.8) is 0 Å². The van der Waals surface area contributed by atoms with Crippen molar-refractivity contribution in [2.75, 3.05) is 7.11 Å². The maximum absolute atomic E-state index is 14.0. The second-order valence-corrected chi connectivity index (χ2v) is 11.1. The monoisotopic (exact) mass is 569 g/mol. The number of esters is 1. The molecule has 4 aromatic carbocycles. The second kappa shape index (κ2) is 9.94. The third kappa shape index (κ3) is 4.51. The second-order valence-electron chi connectivity index (χ2n) is 10.7. The van der Waals surface area contributed by atoms with Crippen LogP contribution in [0.25, 0.3) is 38.7 Å². The number of methoxy groups -OCH3 is 1. The zero-order valence-electron chi connectivity index (χ0n) is 23.0. The number of pyridine rings is 1. The van der Waals surface area contributed by atoms with Crippen LogP contribution in [0.1, 0.15) is 31.1 Å². The first kappa shape index (κ1) is 26.9. The predicted molar refractivity (Wildman–Crippen MR) is 161 cm³/mol. The zero-order valence-corrected chi connectivity index (χ0v) is 23.7. The minimum Gasteiger partial charge on any atom is -0.496 e. The fraction of sp³-hybridized carbons (Fsp3) is 0.212. The van der Waals surface area contributed by atoms with Crippen molar-refractivity contribution < 1.29 is 24.1 Å². The highest BCUT2D eigenvalue weighted by Crippen LogP contribution is 2.47. The SMILES string of the molecule is COc1cc2c(c3c1c(=O)c1cc4ccccc4cc1n3C)C(O)C(OC(=O)/C=C/c1ccc(Cl)cc1)C(C)(C)O2. The summed E-state index contributed by atoms with van der Waals surface area (Å²) in [6, 6.07) is 20.3. The van der Waals surface area contributed by atoms with E-state index in [1.807, 2.05) is 48.0 Å². The van der Waals surface area contributed by atoms with Crippen LogP contribution in [-0.2, 0) is 16.6 Å². The van der Waals surface area contributed by atoms with Crippen LogP contribution in [0.4, 0.5) is 0 Å². The number of carbonyl (C=O) groups excluding carboxylic acids is 1. The van der Waals surface area contributed by atoms with E-state index >= 15 is 0 Å². The molecular weight excluding hydrogens is 542 g/mol. The lowest BCUT2D eigenvalue weighted by Crippen LogP contribution is -2.51. The van der Waals surface area contributed by atoms with Gasteiger partial charge in [0.25, 0.3) is 0 Å². The summed E-state index contributed by atoms with van der Waals surface area (Å²) in [5, 5.41) is 15.1. The Hall–Kier alpha value is -4.33. The smallest absolute Gasteiger partial charge is 0.331 e. The Morgan fingerprint density at radius 1 is 1.07 bits per heavy atom. The predicted octanol–water partition coefficient (Wildman–Crippen LogP) is 6.34. The molecule has 41 heavy (non-hydrogen) atoms. The number of nitrogens with zero attached hydrogens (tertiary/aromatic N) is 1. The fourth-order valence-electron chi connectivity index (χ4n) is 5.66. The highest BCUT2D eigenvalue weighted by atomic mass is 35.5. The molecule has 0 saturated heterocycles. The van der Waals surface area contributed by atoms with Crippen LogP contribution in [0.5, 0.6) is 11.5 Å². The number of fused-ring (bicyclic) bond motifs is 5. The normalized spacial score (nSPS) is 18.0. The molecule has 1 aromatic heterocycles. The van der Waals surface area contributed by atoms with Gasteiger partial charge in [-0.25, -0.2) is 4.79 Å². The van der Waals surface area contributed by atoms with E-state index in [-0.39, 0.29) is 5.43 Å². The molecule has 0 saturated carbocycles. The molecule has 0 aliphatic carbocycles. The van der Waals surface area contributed by atoms with E-state index in [1.165, 1.54) is 13.2 Å². The van der Waals surface area contributed by atoms with E-state index < -0.39 is 23.8 Å². The van der Waals surface area contributed by atoms with Gasteiger partial charge in [-0.1, -0.05) is 48.0 Å². The molecule has 5 aromatic rings. The molecule has 8 heteroatoms. The summed E-state index contributed by atoms with van der Waals surface area (Å²) in [7, 11) is 3.33. The van der Waals surface area contributed by atoms with E-state index in [2.05, 4.69) is 0 Å². The van der Waals surface area contributed by atoms with Gasteiger partial charge in [0.05, 0.1) is 29.1 Å². The molecule has 0 fully saturated rings. The van der Waals surface area contributed by atoms with Crippen LogP contribution in [0, 0.1) is 0 Å². The summed E-state index contributed by atoms with van der Waals surface area (Å²) < 4.78 is 19.7. The first-order chi connectivity index (χ1) is 19.6. The topological polar surface area (TPSA) is 87.0 Å². The molecule has 2 unspecified atom stereocenters. The van der Waals surface area contributed by atoms with Crippen LogP contribution in [0.3, 0.4) is 0 Å². The Balaban J connectivity index is 1.50. The van der Waals surface area contributed by atoms with E-state index in [0.29, 0.717) is 43.9 Å². The van der Waals surface area contributed by atoms with E-state index in [9.17, 15) is 14.7 Å². The molecule has 0 amide bonds. The van der Waals surface area contributed by atoms with Crippen molar-refractivity contribution >= 4 is 56.2 Å². The molecule has 0 radical (unpaired) electrons. The van der Waals surface area contributed by atoms with Crippen molar-refractivity contribution in [2.45, 2.75) is 31.7 Å². The molecule has 2 heterocycles. The summed E-state index contributed by atoms with van der Waals surface area (Å²) in [6.07, 6.45) is 0.535. The lowest BCUT2D eigenvalue weighted by molar-refractivity contribution is -0.171. The molecule has 2 atom stereocenters. The van der Waals surface area contributed by atoms with E-state index in [1.54, 1.807) is 50.3 Å². The number of aryl methyl sites for hydroxylation is 1. The van der Waals surface area contributed by atoms with Gasteiger partial charge < -0.3 is 23.9 Å². The maximum atomic E-state index is 14.0. The maximum Gasteiger partial charge on any atom is 0.331 e. The lowest BCUT2D eigenvalue weighted by atomic mass is 9.86. The number of rotatable bonds is 4. The summed E-state index contributed by atoms with van der Waals surface area (Å²) in [5.41, 5.74) is 0.940. The first-order valence-corrected chi connectivity index (χ1v) is 13.5. The largest absolute Gasteiger partial charge is 0.496 e. The van der Waals surface area contributed by atoms with Gasteiger partial charge in [0.1, 0.15) is 23.2 Å². The molecule has 1 aliphatic heterocycles. The third-order valence-corrected chi connectivity index (χ3v) is 7.94. The van der Waals surface area contributed by atoms with Crippen molar-refractivity contribution in [1.29, 1.82) is 0 Å². The number of halogens is 1. The van der Waals surface area contributed by atoms with Crippen LogP contribution in [0.15, 0.2) is 77.6 Å². The van der Waals surface area contributed by atoms with Crippen LogP contribution < -0.4 is 14.9 Å². The number of aromatic nitrogens is 1. The van der Waals surface area contributed by atoms with Crippen molar-refractivity contribution in [3.05, 3.63) is 99.2 Å². The average molecular weight is 570 g/mol. The van der Waals surface area contributed by atoms with Gasteiger partial charge in [0, 0.05) is 29.6 Å². The highest BCUT2D eigenvalue weighted by Gasteiger charge is 2.47. The summed E-state index contributed by atoms with van der Waals surface area (Å²) in [5.74, 6) is 0.0393. The molecule has 1 aliphatic rings. The van der Waals surface area contributed by atoms with Gasteiger partial charge in [0.2, 0.25) is 5.43 Å². The van der Waals surface area contributed by atoms with Crippen molar-refractivity contribution in [2.24, 2.45) is 7.05 Å². The number of aliphatic hydroxyl groups excluding tert-OH is 1. The summed E-state index contributed by atoms with van der Waals surface area (Å²) in [4.78, 5) is 26.9. The number of hydrogen-bond donors (Lipinski definition) is 1. The number of carbonyl (C=O) groups is 1. The molecule has 0 bridgehead atoms. The Kier molecular flexibility index (Phi) is 6.52. The lowest BCUT2D eigenvalue weighted by Gasteiger charge is -2.42. The minimum atomic E-state index is -1.29. The van der Waals surface area contributed by atoms with Crippen LogP contribution in [-0.4, -0.2) is 34.5 Å². The molecule has 7 nitrogen and oxygen atoms in total. The number of benzene rings is 4. The van der Waals surface area contributed by atoms with Crippen molar-refractivity contribution in [3.8, 4) is 11.5 Å². The fourth-order valence-corrected chi connectivity index (χ4v) is 5.79. The van der Waals surface area contributed by atoms with E-state index in [4.69, 9.17) is 25.8 Å². The molecule has 6 rings (SSSR count). The summed E-state index contributed by atoms with van der Waals surface area (Å²) >= 11 is 5.94. The van der Waals surface area contributed by atoms with Gasteiger partial charge in [-0.3, -0.25) is 4.79 Å². The zero-order chi connectivity index (χ0) is 29.1. The van der Waals surface area contributed by atoms with E-state index in [0.717, 1.165) is 16.3 Å². The quantitative estimate of drug-likeness (QED) is 0.154. The number of ether oxygens (including phenoxy) is 3. The third-order valence-electron chi connectivity index (χ3n) is 7.68. The molecule has 208 valence electrons. The number of aliphatic hydroxyl groups is 1. The molecule has 0 spiro atoms. The summed E-state index contributed by atoms with van der Waals surface area (Å²) in [6.45, 7) is 3.48. The van der Waals surface area contributed by atoms with Crippen LogP contribution >= 0.6 is 11.6 Å². The highest BCUT2D eigenvalue weighted by molar-refractivity contribution is 6.30. The minimum absolute atomic E-state index is 0.227. The molecular formula is C33H28ClNO6. The van der Waals surface area contributed by atoms with Crippen LogP contribution in [0.2, 0.25) is 5.02 Å². The van der Waals surface area contributed by atoms with Gasteiger partial charge in [-0.15, -0.1) is 0 Å². The van der Waals surface area contributed by atoms with Gasteiger partial charge in [0.15, 0.2) is 6.10 Å². The Bertz CT molecular complexity index is 1940. The Labute approximate surface area is 241 Å². The van der Waals surface area contributed by atoms with Gasteiger partial charge in [-0.05, 0) is 60.5 Å². The first-order valence-electron chi connectivity index (χ1n) is 13.2. The molecule has 1 N–H and O–H groups in total. The standard InChI is InChI=1S/C33H28ClNO6/c1-33(2)32(40-26(36)14-11-18-9-12-21(34)13-10-18)31(38)28-25(41-33)17-24(39-4)27-29(28)35(3)23-16-20-8-6-5-7-19(20)15-22(23)30(27)37/h5-17,31-32,38H,1-4H3/b14-11+. The van der Waals surface area contributed by atoms with Gasteiger partial charge in [-0.2, -0.15) is 0 Å². The van der Waals surface area contributed by atoms with Gasteiger partial charge >= 0.3 is 5.97 Å². The Morgan fingerprint density at radius 2 is 1.76 bits per heavy atom. The average Bonchev–Trinajstić information content (AvgIpc) is 2.95.